The van der Waals surface area contributed by atoms with E-state index in [4.69, 9.17) is 10.5 Å². The van der Waals surface area contributed by atoms with Gasteiger partial charge in [-0.25, -0.2) is 4.98 Å². The second kappa shape index (κ2) is 10.6. The lowest BCUT2D eigenvalue weighted by Crippen LogP contribution is -2.33. The summed E-state index contributed by atoms with van der Waals surface area (Å²) >= 11 is 1.44. The summed E-state index contributed by atoms with van der Waals surface area (Å²) in [6.45, 7) is 5.51. The molecule has 4 rings (SSSR count). The summed E-state index contributed by atoms with van der Waals surface area (Å²) in [5, 5.41) is 5.50. The number of amides is 2. The Kier molecular flexibility index (Phi) is 7.36. The summed E-state index contributed by atoms with van der Waals surface area (Å²) in [4.78, 5) is 31.4. The van der Waals surface area contributed by atoms with Gasteiger partial charge < -0.3 is 10.5 Å². The van der Waals surface area contributed by atoms with Gasteiger partial charge in [0.2, 0.25) is 0 Å². The van der Waals surface area contributed by atoms with Crippen molar-refractivity contribution in [2.45, 2.75) is 32.9 Å². The zero-order valence-corrected chi connectivity index (χ0v) is 19.4. The highest BCUT2D eigenvalue weighted by atomic mass is 32.1. The van der Waals surface area contributed by atoms with Crippen LogP contribution < -0.4 is 15.8 Å². The topological polar surface area (TPSA) is 97.5 Å². The molecule has 0 saturated carbocycles. The number of nitrogens with one attached hydrogen (secondary N) is 1. The summed E-state index contributed by atoms with van der Waals surface area (Å²) in [5.74, 6) is 0.369. The molecule has 0 spiro atoms. The third-order valence-electron chi connectivity index (χ3n) is 5.63. The Morgan fingerprint density at radius 3 is 2.91 bits per heavy atom. The Bertz CT molecular complexity index is 1130. The number of aromatic nitrogens is 1. The van der Waals surface area contributed by atoms with Crippen LogP contribution in [0, 0.1) is 5.92 Å². The summed E-state index contributed by atoms with van der Waals surface area (Å²) in [6.07, 6.45) is 2.51. The molecule has 1 aliphatic rings. The van der Waals surface area contributed by atoms with E-state index >= 15 is 0 Å². The molecule has 3 aromatic rings. The van der Waals surface area contributed by atoms with Gasteiger partial charge in [0.1, 0.15) is 12.4 Å². The number of nitrogens with zero attached hydrogens (tertiary/aromatic N) is 2. The summed E-state index contributed by atoms with van der Waals surface area (Å²) < 4.78 is 5.77. The molecule has 2 heterocycles. The number of primary amides is 1. The molecule has 0 aliphatic carbocycles. The predicted molar refractivity (Wildman–Crippen MR) is 129 cm³/mol. The van der Waals surface area contributed by atoms with Gasteiger partial charge >= 0.3 is 0 Å². The molecule has 0 radical (unpaired) electrons. The first-order chi connectivity index (χ1) is 16.0. The maximum absolute atomic E-state index is 12.8. The van der Waals surface area contributed by atoms with E-state index in [2.05, 4.69) is 22.1 Å². The zero-order chi connectivity index (χ0) is 23.2. The maximum Gasteiger partial charge on any atom is 0.257 e. The van der Waals surface area contributed by atoms with Crippen molar-refractivity contribution < 1.29 is 14.3 Å². The van der Waals surface area contributed by atoms with Crippen LogP contribution >= 0.6 is 11.3 Å². The fraction of sp³-hybridized carbons (Fsp3) is 0.320. The van der Waals surface area contributed by atoms with Crippen LogP contribution in [0.15, 0.2) is 53.9 Å². The maximum atomic E-state index is 12.8. The molecule has 1 aliphatic heterocycles. The standard InChI is InChI=1S/C25H28N4O3S/c1-17-6-5-11-29(13-17)14-20-16-33-25(27-20)28-24(31)19-8-4-7-18(12-19)15-32-22-10-3-2-9-21(22)23(26)30/h2-4,7-10,12,16-17H,5-6,11,13-15H2,1H3,(H2,26,30)(H,27,28,31). The van der Waals surface area contributed by atoms with E-state index in [9.17, 15) is 9.59 Å². The summed E-state index contributed by atoms with van der Waals surface area (Å²) in [6, 6.07) is 14.0. The van der Waals surface area contributed by atoms with E-state index in [1.165, 1.54) is 24.2 Å². The molecule has 7 nitrogen and oxygen atoms in total. The van der Waals surface area contributed by atoms with Gasteiger partial charge in [0.15, 0.2) is 5.13 Å². The predicted octanol–water partition coefficient (Wildman–Crippen LogP) is 4.31. The molecule has 1 unspecified atom stereocenters. The molecule has 3 N–H and O–H groups in total. The molecule has 1 saturated heterocycles. The number of hydrogen-bond donors (Lipinski definition) is 2. The number of carbonyl (C=O) groups is 2. The first-order valence-corrected chi connectivity index (χ1v) is 11.9. The molecule has 172 valence electrons. The second-order valence-electron chi connectivity index (χ2n) is 8.43. The van der Waals surface area contributed by atoms with Crippen molar-refractivity contribution >= 4 is 28.3 Å². The average molecular weight is 465 g/mol. The van der Waals surface area contributed by atoms with Gasteiger partial charge in [0.25, 0.3) is 11.8 Å². The van der Waals surface area contributed by atoms with Crippen molar-refractivity contribution in [2.75, 3.05) is 18.4 Å². The molecule has 1 fully saturated rings. The van der Waals surface area contributed by atoms with Gasteiger partial charge in [0.05, 0.1) is 11.3 Å². The van der Waals surface area contributed by atoms with E-state index in [-0.39, 0.29) is 12.5 Å². The van der Waals surface area contributed by atoms with Crippen molar-refractivity contribution in [3.05, 3.63) is 76.3 Å². The first-order valence-electron chi connectivity index (χ1n) is 11.1. The van der Waals surface area contributed by atoms with E-state index < -0.39 is 5.91 Å². The fourth-order valence-corrected chi connectivity index (χ4v) is 4.72. The normalized spacial score (nSPS) is 16.3. The van der Waals surface area contributed by atoms with E-state index in [1.54, 1.807) is 42.5 Å². The fourth-order valence-electron chi connectivity index (χ4n) is 4.03. The minimum absolute atomic E-state index is 0.209. The van der Waals surface area contributed by atoms with Crippen molar-refractivity contribution in [1.82, 2.24) is 9.88 Å². The van der Waals surface area contributed by atoms with Crippen LogP contribution in [0.3, 0.4) is 0 Å². The number of piperidine rings is 1. The highest BCUT2D eigenvalue weighted by Gasteiger charge is 2.18. The molecule has 8 heteroatoms. The van der Waals surface area contributed by atoms with Crippen molar-refractivity contribution in [1.29, 1.82) is 0 Å². The van der Waals surface area contributed by atoms with Gasteiger partial charge in [0, 0.05) is 24.0 Å². The van der Waals surface area contributed by atoms with Gasteiger partial charge in [-0.05, 0) is 55.1 Å². The lowest BCUT2D eigenvalue weighted by Gasteiger charge is -2.30. The number of anilines is 1. The SMILES string of the molecule is CC1CCCN(Cc2csc(NC(=O)c3cccc(COc4ccccc4C(N)=O)c3)n2)C1. The number of para-hydroxylation sites is 1. The lowest BCUT2D eigenvalue weighted by atomic mass is 10.0. The number of nitrogens with two attached hydrogens (primary N) is 1. The second-order valence-corrected chi connectivity index (χ2v) is 9.29. The number of hydrogen-bond acceptors (Lipinski definition) is 6. The molecule has 1 atom stereocenters. The highest BCUT2D eigenvalue weighted by Crippen LogP contribution is 2.22. The van der Waals surface area contributed by atoms with Crippen LogP contribution in [0.25, 0.3) is 0 Å². The van der Waals surface area contributed by atoms with Gasteiger partial charge in [-0.1, -0.05) is 31.2 Å². The molecule has 2 aromatic carbocycles. The molecule has 0 bridgehead atoms. The van der Waals surface area contributed by atoms with Gasteiger partial charge in [-0.15, -0.1) is 11.3 Å². The van der Waals surface area contributed by atoms with Crippen LogP contribution in [0.4, 0.5) is 5.13 Å². The summed E-state index contributed by atoms with van der Waals surface area (Å²) in [7, 11) is 0. The molecule has 33 heavy (non-hydrogen) atoms. The van der Waals surface area contributed by atoms with Crippen LogP contribution in [-0.4, -0.2) is 34.8 Å². The van der Waals surface area contributed by atoms with E-state index in [0.29, 0.717) is 22.0 Å². The molecular formula is C25H28N4O3S. The number of rotatable bonds is 8. The Labute approximate surface area is 197 Å². The number of likely N-dealkylation sites (tertiary alicyclic amines) is 1. The van der Waals surface area contributed by atoms with E-state index in [0.717, 1.165) is 36.8 Å². The third kappa shape index (κ3) is 6.18. The summed E-state index contributed by atoms with van der Waals surface area (Å²) in [5.41, 5.74) is 8.03. The van der Waals surface area contributed by atoms with Crippen LogP contribution in [0.2, 0.25) is 0 Å². The van der Waals surface area contributed by atoms with Crippen molar-refractivity contribution in [3.8, 4) is 5.75 Å². The van der Waals surface area contributed by atoms with Gasteiger partial charge in [-0.2, -0.15) is 0 Å². The first kappa shape index (κ1) is 22.9. The van der Waals surface area contributed by atoms with Crippen LogP contribution in [0.1, 0.15) is 51.7 Å². The monoisotopic (exact) mass is 464 g/mol. The van der Waals surface area contributed by atoms with Crippen LogP contribution in [-0.2, 0) is 13.2 Å². The lowest BCUT2D eigenvalue weighted by molar-refractivity contribution is 0.0994. The molecule has 2 amide bonds. The number of thiazole rings is 1. The van der Waals surface area contributed by atoms with E-state index in [1.807, 2.05) is 11.4 Å². The van der Waals surface area contributed by atoms with Gasteiger partial charge in [-0.3, -0.25) is 19.8 Å². The van der Waals surface area contributed by atoms with Crippen LogP contribution in [0.5, 0.6) is 5.75 Å². The average Bonchev–Trinajstić information content (AvgIpc) is 3.24. The Balaban J connectivity index is 1.35. The Hall–Kier alpha value is -3.23. The highest BCUT2D eigenvalue weighted by molar-refractivity contribution is 7.14. The quantitative estimate of drug-likeness (QED) is 0.518. The Morgan fingerprint density at radius 1 is 1.24 bits per heavy atom. The molecule has 1 aromatic heterocycles. The number of ether oxygens (including phenoxy) is 1. The largest absolute Gasteiger partial charge is 0.488 e. The number of benzene rings is 2. The minimum atomic E-state index is -0.545. The molecular weight excluding hydrogens is 436 g/mol. The Morgan fingerprint density at radius 2 is 2.09 bits per heavy atom. The third-order valence-corrected chi connectivity index (χ3v) is 6.44. The van der Waals surface area contributed by atoms with Crippen molar-refractivity contribution in [3.63, 3.8) is 0 Å². The minimum Gasteiger partial charge on any atom is -0.488 e. The number of carbonyl (C=O) groups excluding carboxylic acids is 2. The van der Waals surface area contributed by atoms with Crippen molar-refractivity contribution in [2.24, 2.45) is 11.7 Å². The smallest absolute Gasteiger partial charge is 0.257 e. The zero-order valence-electron chi connectivity index (χ0n) is 18.6.